The van der Waals surface area contributed by atoms with E-state index in [1.54, 1.807) is 6.07 Å². The van der Waals surface area contributed by atoms with Gasteiger partial charge in [0.25, 0.3) is 0 Å². The molecule has 0 spiro atoms. The highest BCUT2D eigenvalue weighted by atomic mass is 79.9. The number of thiocarbonyl (C=S) groups is 1. The quantitative estimate of drug-likeness (QED) is 0.725. The van der Waals surface area contributed by atoms with Gasteiger partial charge < -0.3 is 5.73 Å². The maximum absolute atomic E-state index is 11.7. The van der Waals surface area contributed by atoms with Gasteiger partial charge in [-0.3, -0.25) is 4.72 Å². The van der Waals surface area contributed by atoms with Gasteiger partial charge in [0.2, 0.25) is 10.0 Å². The van der Waals surface area contributed by atoms with E-state index in [2.05, 4.69) is 20.7 Å². The average molecular weight is 387 g/mol. The van der Waals surface area contributed by atoms with Gasteiger partial charge >= 0.3 is 0 Å². The van der Waals surface area contributed by atoms with E-state index in [1.807, 2.05) is 0 Å². The van der Waals surface area contributed by atoms with Crippen molar-refractivity contribution >= 4 is 58.7 Å². The monoisotopic (exact) mass is 386 g/mol. The van der Waals surface area contributed by atoms with Crippen molar-refractivity contribution in [3.05, 3.63) is 28.2 Å². The Bertz CT molecular complexity index is 713. The molecule has 1 aromatic carbocycles. The van der Waals surface area contributed by atoms with Gasteiger partial charge in [0.05, 0.1) is 5.69 Å². The van der Waals surface area contributed by atoms with E-state index < -0.39 is 24.9 Å². The van der Waals surface area contributed by atoms with E-state index in [-0.39, 0.29) is 10.7 Å². The van der Waals surface area contributed by atoms with E-state index >= 15 is 0 Å². The summed E-state index contributed by atoms with van der Waals surface area (Å²) in [6.45, 7) is 0. The maximum Gasteiger partial charge on any atom is 0.247 e. The predicted octanol–water partition coefficient (Wildman–Crippen LogP) is 0.827. The number of anilines is 1. The molecule has 19 heavy (non-hydrogen) atoms. The first-order chi connectivity index (χ1) is 8.50. The zero-order valence-electron chi connectivity index (χ0n) is 9.75. The highest BCUT2D eigenvalue weighted by Gasteiger charge is 2.20. The first kappa shape index (κ1) is 16.3. The maximum atomic E-state index is 11.7. The van der Waals surface area contributed by atoms with Crippen molar-refractivity contribution in [2.24, 2.45) is 5.73 Å². The molecule has 0 unspecified atom stereocenters. The van der Waals surface area contributed by atoms with Crippen LogP contribution < -0.4 is 10.5 Å². The van der Waals surface area contributed by atoms with Crippen LogP contribution in [0, 0.1) is 0 Å². The Hall–Kier alpha value is -0.710. The van der Waals surface area contributed by atoms with Gasteiger partial charge in [-0.15, -0.1) is 0 Å². The molecule has 0 heterocycles. The first-order valence-electron chi connectivity index (χ1n) is 4.78. The lowest BCUT2D eigenvalue weighted by atomic mass is 10.2. The lowest BCUT2D eigenvalue weighted by molar-refractivity contribution is 0.595. The molecule has 0 saturated heterocycles. The standard InChI is InChI=1S/C9H11BrN2O4S3/c1-18(13,14)5-19(15,16)12-8-4-6(10)2-3-7(8)9(11)17/h2-4,12H,5H2,1H3,(H2,11,17). The molecule has 0 aliphatic heterocycles. The second-order valence-corrected chi connectivity index (χ2v) is 9.40. The van der Waals surface area contributed by atoms with Crippen molar-refractivity contribution in [2.75, 3.05) is 16.1 Å². The molecule has 0 aliphatic rings. The van der Waals surface area contributed by atoms with Gasteiger partial charge in [-0.05, 0) is 18.2 Å². The molecule has 0 aromatic heterocycles. The summed E-state index contributed by atoms with van der Waals surface area (Å²) in [5, 5.41) is -1.01. The van der Waals surface area contributed by atoms with Crippen LogP contribution >= 0.6 is 28.1 Å². The van der Waals surface area contributed by atoms with Gasteiger partial charge in [-0.25, -0.2) is 16.8 Å². The smallest absolute Gasteiger partial charge is 0.247 e. The Morgan fingerprint density at radius 2 is 1.95 bits per heavy atom. The second-order valence-electron chi connectivity index (χ2n) is 3.81. The predicted molar refractivity (Wildman–Crippen MR) is 82.3 cm³/mol. The van der Waals surface area contributed by atoms with Crippen LogP contribution in [0.15, 0.2) is 22.7 Å². The van der Waals surface area contributed by atoms with E-state index in [1.165, 1.54) is 12.1 Å². The molecule has 0 aliphatic carbocycles. The number of benzene rings is 1. The number of hydrogen-bond donors (Lipinski definition) is 2. The number of nitrogens with one attached hydrogen (secondary N) is 1. The van der Waals surface area contributed by atoms with E-state index in [0.717, 1.165) is 6.26 Å². The Morgan fingerprint density at radius 1 is 1.37 bits per heavy atom. The fourth-order valence-electron chi connectivity index (χ4n) is 1.29. The van der Waals surface area contributed by atoms with Gasteiger partial charge in [-0.1, -0.05) is 28.1 Å². The highest BCUT2D eigenvalue weighted by Crippen LogP contribution is 2.22. The minimum Gasteiger partial charge on any atom is -0.389 e. The molecule has 10 heteroatoms. The Morgan fingerprint density at radius 3 is 2.42 bits per heavy atom. The molecule has 3 N–H and O–H groups in total. The third kappa shape index (κ3) is 5.43. The van der Waals surface area contributed by atoms with Gasteiger partial charge in [-0.2, -0.15) is 0 Å². The van der Waals surface area contributed by atoms with E-state index in [4.69, 9.17) is 18.0 Å². The number of sulfonamides is 1. The molecule has 0 amide bonds. The van der Waals surface area contributed by atoms with Crippen molar-refractivity contribution in [1.29, 1.82) is 0 Å². The van der Waals surface area contributed by atoms with Crippen molar-refractivity contribution < 1.29 is 16.8 Å². The number of rotatable bonds is 5. The molecular weight excluding hydrogens is 376 g/mol. The third-order valence-electron chi connectivity index (χ3n) is 1.88. The Balaban J connectivity index is 3.19. The molecule has 0 radical (unpaired) electrons. The van der Waals surface area contributed by atoms with E-state index in [0.29, 0.717) is 10.0 Å². The second kappa shape index (κ2) is 5.73. The average Bonchev–Trinajstić information content (AvgIpc) is 2.11. The SMILES string of the molecule is CS(=O)(=O)CS(=O)(=O)Nc1cc(Br)ccc1C(N)=S. The number of sulfone groups is 1. The van der Waals surface area contributed by atoms with Crippen LogP contribution in [-0.4, -0.2) is 33.2 Å². The lowest BCUT2D eigenvalue weighted by Gasteiger charge is -2.11. The third-order valence-corrected chi connectivity index (χ3v) is 6.08. The lowest BCUT2D eigenvalue weighted by Crippen LogP contribution is -2.24. The molecule has 0 atom stereocenters. The van der Waals surface area contributed by atoms with Gasteiger partial charge in [0.15, 0.2) is 14.9 Å². The van der Waals surface area contributed by atoms with Crippen molar-refractivity contribution in [1.82, 2.24) is 0 Å². The van der Waals surface area contributed by atoms with E-state index in [9.17, 15) is 16.8 Å². The fraction of sp³-hybridized carbons (Fsp3) is 0.222. The zero-order chi connectivity index (χ0) is 14.8. The Labute approximate surface area is 125 Å². The van der Waals surface area contributed by atoms with Crippen LogP contribution in [0.3, 0.4) is 0 Å². The summed E-state index contributed by atoms with van der Waals surface area (Å²) in [6, 6.07) is 4.63. The van der Waals surface area contributed by atoms with Gasteiger partial charge in [0.1, 0.15) is 4.99 Å². The summed E-state index contributed by atoms with van der Waals surface area (Å²) >= 11 is 7.98. The molecule has 1 rings (SSSR count). The summed E-state index contributed by atoms with van der Waals surface area (Å²) in [7, 11) is -7.71. The van der Waals surface area contributed by atoms with Crippen LogP contribution in [0.1, 0.15) is 5.56 Å². The summed E-state index contributed by atoms with van der Waals surface area (Å²) in [6.07, 6.45) is 0.835. The summed E-state index contributed by atoms with van der Waals surface area (Å²) < 4.78 is 48.3. The first-order valence-corrected chi connectivity index (χ1v) is 9.69. The van der Waals surface area contributed by atoms with Crippen LogP contribution in [-0.2, 0) is 19.9 Å². The molecule has 106 valence electrons. The van der Waals surface area contributed by atoms with Crippen LogP contribution in [0.5, 0.6) is 0 Å². The fourth-order valence-corrected chi connectivity index (χ4v) is 4.83. The zero-order valence-corrected chi connectivity index (χ0v) is 13.8. The van der Waals surface area contributed by atoms with Crippen LogP contribution in [0.4, 0.5) is 5.69 Å². The number of nitrogens with two attached hydrogens (primary N) is 1. The Kier molecular flexibility index (Phi) is 4.93. The van der Waals surface area contributed by atoms with Gasteiger partial charge in [0, 0.05) is 16.3 Å². The molecule has 0 bridgehead atoms. The largest absolute Gasteiger partial charge is 0.389 e. The molecular formula is C9H11BrN2O4S3. The number of halogens is 1. The topological polar surface area (TPSA) is 106 Å². The summed E-state index contributed by atoms with van der Waals surface area (Å²) in [5.41, 5.74) is 5.92. The minimum absolute atomic E-state index is 0.00422. The van der Waals surface area contributed by atoms with Crippen molar-refractivity contribution in [3.8, 4) is 0 Å². The molecule has 0 saturated carbocycles. The highest BCUT2D eigenvalue weighted by molar-refractivity contribution is 9.10. The normalized spacial score (nSPS) is 12.1. The molecule has 0 fully saturated rings. The van der Waals surface area contributed by atoms with Crippen LogP contribution in [0.2, 0.25) is 0 Å². The van der Waals surface area contributed by atoms with Crippen molar-refractivity contribution in [2.45, 2.75) is 0 Å². The molecule has 6 nitrogen and oxygen atoms in total. The summed E-state index contributed by atoms with van der Waals surface area (Å²) in [5.74, 6) is 0. The molecule has 1 aromatic rings. The van der Waals surface area contributed by atoms with Crippen molar-refractivity contribution in [3.63, 3.8) is 0 Å². The van der Waals surface area contributed by atoms with Crippen LogP contribution in [0.25, 0.3) is 0 Å². The number of hydrogen-bond acceptors (Lipinski definition) is 5. The summed E-state index contributed by atoms with van der Waals surface area (Å²) in [4.78, 5) is 0.00422. The minimum atomic E-state index is -4.04.